The monoisotopic (exact) mass is 1550 g/mol. The lowest BCUT2D eigenvalue weighted by atomic mass is 9.95. The second kappa shape index (κ2) is 63.9. The first-order chi connectivity index (χ1) is 44.8. The number of nitrogens with zero attached hydrogens (tertiary/aromatic N) is 2. The highest BCUT2D eigenvalue weighted by Crippen LogP contribution is 2.27. The number of rotatable bonds is 55. The van der Waals surface area contributed by atoms with Crippen molar-refractivity contribution >= 4 is 126 Å². The lowest BCUT2D eigenvalue weighted by Gasteiger charge is -2.28. The van der Waals surface area contributed by atoms with Crippen LogP contribution in [0.2, 0.25) is 30.2 Å². The molecular weight excluding hydrogens is 1410 g/mol. The van der Waals surface area contributed by atoms with Gasteiger partial charge in [-0.1, -0.05) is 27.7 Å². The van der Waals surface area contributed by atoms with Crippen molar-refractivity contribution in [2.45, 2.75) is 171 Å². The van der Waals surface area contributed by atoms with E-state index < -0.39 is 44.0 Å². The molecule has 0 bridgehead atoms. The van der Waals surface area contributed by atoms with Crippen molar-refractivity contribution in [2.75, 3.05) is 189 Å². The Hall–Kier alpha value is 0.274. The van der Waals surface area contributed by atoms with Gasteiger partial charge in [0.15, 0.2) is 0 Å². The van der Waals surface area contributed by atoms with E-state index in [1.807, 2.05) is 111 Å². The van der Waals surface area contributed by atoms with Crippen LogP contribution in [0.5, 0.6) is 0 Å². The van der Waals surface area contributed by atoms with Crippen LogP contribution in [-0.4, -0.2) is 284 Å². The lowest BCUT2D eigenvalue weighted by molar-refractivity contribution is -0.136. The summed E-state index contributed by atoms with van der Waals surface area (Å²) in [7, 11) is 9.67. The zero-order chi connectivity index (χ0) is 74.0. The normalized spacial score (nSPS) is 13.3. The summed E-state index contributed by atoms with van der Waals surface area (Å²) in [4.78, 5) is 49.1. The molecule has 0 aliphatic rings. The van der Waals surface area contributed by atoms with Gasteiger partial charge in [-0.15, -0.1) is 0 Å². The van der Waals surface area contributed by atoms with E-state index >= 15 is 0 Å². The van der Waals surface area contributed by atoms with Gasteiger partial charge >= 0.3 is 44.0 Å². The summed E-state index contributed by atoms with van der Waals surface area (Å²) in [5, 5.41) is 11.9. The number of amides is 3. The second-order valence-corrected chi connectivity index (χ2v) is 43.3. The zero-order valence-electron chi connectivity index (χ0n) is 64.3. The van der Waals surface area contributed by atoms with Gasteiger partial charge in [0, 0.05) is 216 Å². The SMILES string of the molecule is CCO[Si](CCCSCC(C)C(=O)N(C)C)(OCC)OCC.CCO[Si](CCCSCC(C)C(C)=O)(OCC)OCC.CO[Si](CCCSCC(C)(C)C(=O)N(C)C)(OC)OC.CO[Si](CCCSCC(C)NC(C)=O)(OC)OC.CO[Si](CCCSCC(C)O)(OC)OC. The van der Waals surface area contributed by atoms with Crippen molar-refractivity contribution in [1.29, 1.82) is 0 Å². The van der Waals surface area contributed by atoms with Gasteiger partial charge in [-0.25, -0.2) is 0 Å². The molecular formula is C62H139N3O20S5Si5. The standard InChI is InChI=1S/C15H33NO4SSi.C14H30O4SSi.C13H29NO4SSi.C11H25NO4SSi.C9H22O4SSi/c1-7-18-22(19-8-2,20-9-3)12-10-11-21-13-14(4)15(17)16(5)6;1-6-16-20(17-7-2,18-8-3)11-9-10-19-12-13(4)14(5)15;1-13(2,12(15)14(3)4)11-19-9-8-10-20(16-5,17-6)18-7;1-10(12-11(2)13)9-17-7-6-8-18(14-3,15-4)16-5;1-9(10)8-14-6-5-7-15(11-2,12-3)13-4/h14H,7-13H2,1-6H3;13H,6-12H2,1-5H3;8-11H2,1-7H3;10H,6-9H2,1-5H3,(H,12,13);9-10H,5-8H2,1-4H3. The highest BCUT2D eigenvalue weighted by atomic mass is 32.2. The maximum Gasteiger partial charge on any atom is 0.500 e. The van der Waals surface area contributed by atoms with Gasteiger partial charge < -0.3 is 86.6 Å². The van der Waals surface area contributed by atoms with E-state index in [0.717, 1.165) is 120 Å². The zero-order valence-corrected chi connectivity index (χ0v) is 73.4. The van der Waals surface area contributed by atoms with Crippen LogP contribution in [0, 0.1) is 17.3 Å². The molecule has 2 N–H and O–H groups in total. The van der Waals surface area contributed by atoms with Gasteiger partial charge in [-0.2, -0.15) is 58.8 Å². The Bertz CT molecular complexity index is 1780. The molecule has 33 heteroatoms. The molecule has 0 heterocycles. The summed E-state index contributed by atoms with van der Waals surface area (Å²) >= 11 is 8.97. The Morgan fingerprint density at radius 3 is 0.947 bits per heavy atom. The predicted octanol–water partition coefficient (Wildman–Crippen LogP) is 11.2. The third kappa shape index (κ3) is 52.8. The molecule has 0 aliphatic carbocycles. The van der Waals surface area contributed by atoms with Crippen molar-refractivity contribution in [2.24, 2.45) is 17.3 Å². The van der Waals surface area contributed by atoms with Crippen LogP contribution in [0.3, 0.4) is 0 Å². The van der Waals surface area contributed by atoms with Crippen molar-refractivity contribution in [3.05, 3.63) is 0 Å². The first-order valence-electron chi connectivity index (χ1n) is 33.3. The number of aliphatic hydroxyl groups is 1. The molecule has 0 aromatic rings. The number of hydrogen-bond acceptors (Lipinski definition) is 25. The van der Waals surface area contributed by atoms with Gasteiger partial charge in [0.2, 0.25) is 17.7 Å². The predicted molar refractivity (Wildman–Crippen MR) is 410 cm³/mol. The van der Waals surface area contributed by atoms with Crippen LogP contribution >= 0.6 is 58.8 Å². The minimum atomic E-state index is -2.50. The number of thioether (sulfide) groups is 5. The Morgan fingerprint density at radius 2 is 0.695 bits per heavy atom. The fourth-order valence-corrected chi connectivity index (χ4v) is 25.4. The third-order valence-corrected chi connectivity index (χ3v) is 35.3. The fourth-order valence-electron chi connectivity index (χ4n) is 8.67. The van der Waals surface area contributed by atoms with Crippen LogP contribution < -0.4 is 5.32 Å². The van der Waals surface area contributed by atoms with E-state index in [1.165, 1.54) is 6.92 Å². The molecule has 0 fully saturated rings. The fraction of sp³-hybridized carbons (Fsp3) is 0.935. The molecule has 0 saturated carbocycles. The number of carbonyl (C=O) groups is 4. The number of aliphatic hydroxyl groups excluding tert-OH is 1. The van der Waals surface area contributed by atoms with Crippen LogP contribution in [0.15, 0.2) is 0 Å². The first kappa shape index (κ1) is 104. The molecule has 0 aliphatic heterocycles. The summed E-state index contributed by atoms with van der Waals surface area (Å²) in [5.74, 6) is 10.1. The Balaban J connectivity index is -0.000000357. The maximum atomic E-state index is 12.0. The van der Waals surface area contributed by atoms with Gasteiger partial charge in [0.1, 0.15) is 5.78 Å². The molecule has 0 saturated heterocycles. The maximum absolute atomic E-state index is 12.0. The largest absolute Gasteiger partial charge is 0.500 e. The molecule has 0 rings (SSSR count). The van der Waals surface area contributed by atoms with E-state index in [9.17, 15) is 19.2 Å². The minimum absolute atomic E-state index is 0.0210. The Morgan fingerprint density at radius 1 is 0.421 bits per heavy atom. The molecule has 4 unspecified atom stereocenters. The molecule has 0 spiro atoms. The minimum Gasteiger partial charge on any atom is -0.393 e. The molecule has 572 valence electrons. The van der Waals surface area contributed by atoms with Crippen molar-refractivity contribution in [3.63, 3.8) is 0 Å². The first-order valence-corrected chi connectivity index (χ1v) is 48.8. The average Bonchev–Trinajstić information content (AvgIpc) is 1.02. The topological polar surface area (TPSA) is 245 Å². The summed E-state index contributed by atoms with van der Waals surface area (Å²) in [5.41, 5.74) is -0.327. The average molecular weight is 1550 g/mol. The van der Waals surface area contributed by atoms with E-state index in [1.54, 1.807) is 139 Å². The molecule has 0 radical (unpaired) electrons. The van der Waals surface area contributed by atoms with Gasteiger partial charge in [0.05, 0.1) is 11.5 Å². The van der Waals surface area contributed by atoms with Crippen LogP contribution in [0.4, 0.5) is 0 Å². The van der Waals surface area contributed by atoms with E-state index in [4.69, 9.17) is 71.5 Å². The summed E-state index contributed by atoms with van der Waals surface area (Å²) in [6.07, 6.45) is 4.68. The summed E-state index contributed by atoms with van der Waals surface area (Å²) < 4.78 is 83.0. The molecule has 4 atom stereocenters. The molecule has 0 aromatic carbocycles. The van der Waals surface area contributed by atoms with Crippen LogP contribution in [0.1, 0.15) is 129 Å². The van der Waals surface area contributed by atoms with Gasteiger partial charge in [-0.3, -0.25) is 19.2 Å². The van der Waals surface area contributed by atoms with Gasteiger partial charge in [-0.05, 0) is 123 Å². The van der Waals surface area contributed by atoms with Crippen LogP contribution in [-0.2, 0) is 85.6 Å². The summed E-state index contributed by atoms with van der Waals surface area (Å²) in [6, 6.07) is 4.34. The van der Waals surface area contributed by atoms with Gasteiger partial charge in [0.25, 0.3) is 0 Å². The number of nitrogens with one attached hydrogen (secondary N) is 1. The van der Waals surface area contributed by atoms with Crippen LogP contribution in [0.25, 0.3) is 0 Å². The second-order valence-electron chi connectivity index (χ2n) is 22.9. The molecule has 95 heavy (non-hydrogen) atoms. The summed E-state index contributed by atoms with van der Waals surface area (Å²) in [6.45, 7) is 30.5. The van der Waals surface area contributed by atoms with E-state index in [0.29, 0.717) is 39.6 Å². The highest BCUT2D eigenvalue weighted by Gasteiger charge is 2.42. The molecule has 23 nitrogen and oxygen atoms in total. The Kier molecular flexibility index (Phi) is 69.9. The third-order valence-electron chi connectivity index (χ3n) is 13.8. The number of hydrogen-bond donors (Lipinski definition) is 2. The number of ketones is 1. The smallest absolute Gasteiger partial charge is 0.393 e. The number of carbonyl (C=O) groups excluding carboxylic acids is 4. The quantitative estimate of drug-likeness (QED) is 0.0424. The highest BCUT2D eigenvalue weighted by molar-refractivity contribution is 8.00. The lowest BCUT2D eigenvalue weighted by Crippen LogP contribution is -2.46. The van der Waals surface area contributed by atoms with Crippen molar-refractivity contribution in [1.82, 2.24) is 15.1 Å². The molecule has 3 amide bonds. The Labute approximate surface area is 606 Å². The van der Waals surface area contributed by atoms with Crippen molar-refractivity contribution in [3.8, 4) is 0 Å². The van der Waals surface area contributed by atoms with Crippen molar-refractivity contribution < 1.29 is 90.7 Å². The van der Waals surface area contributed by atoms with E-state index in [2.05, 4.69) is 5.32 Å². The van der Waals surface area contributed by atoms with E-state index in [-0.39, 0.29) is 52.9 Å². The molecule has 0 aromatic heterocycles. The number of Topliss-reactive ketones (excluding diaryl/α,β-unsaturated/α-hetero) is 1.